The van der Waals surface area contributed by atoms with Crippen LogP contribution in [0.25, 0.3) is 0 Å². The van der Waals surface area contributed by atoms with Crippen molar-refractivity contribution in [2.45, 2.75) is 69.9 Å². The molecule has 168 valence electrons. The lowest BCUT2D eigenvalue weighted by Crippen LogP contribution is -2.18. The third-order valence-electron chi connectivity index (χ3n) is 6.17. The van der Waals surface area contributed by atoms with Crippen molar-refractivity contribution in [1.82, 2.24) is 14.8 Å². The zero-order chi connectivity index (χ0) is 22.0. The second kappa shape index (κ2) is 9.73. The zero-order valence-electron chi connectivity index (χ0n) is 18.4. The average Bonchev–Trinajstić information content (AvgIpc) is 3.45. The first-order valence-electron chi connectivity index (χ1n) is 11.1. The van der Waals surface area contributed by atoms with Crippen molar-refractivity contribution in [2.75, 3.05) is 17.7 Å². The molecule has 2 heterocycles. The average molecular weight is 463 g/mol. The van der Waals surface area contributed by atoms with Crippen LogP contribution in [-0.4, -0.2) is 39.0 Å². The van der Waals surface area contributed by atoms with Crippen LogP contribution in [0.4, 0.5) is 5.00 Å². The Balaban J connectivity index is 1.44. The molecule has 2 aliphatic rings. The molecule has 2 aliphatic carbocycles. The number of ether oxygens (including phenoxy) is 1. The van der Waals surface area contributed by atoms with Gasteiger partial charge in [-0.3, -0.25) is 4.79 Å². The fourth-order valence-electron chi connectivity index (χ4n) is 4.54. The van der Waals surface area contributed by atoms with Crippen LogP contribution in [0.3, 0.4) is 0 Å². The Bertz CT molecular complexity index is 962. The number of anilines is 1. The van der Waals surface area contributed by atoms with E-state index in [4.69, 9.17) is 4.74 Å². The lowest BCUT2D eigenvalue weighted by molar-refractivity contribution is -0.113. The molecule has 1 N–H and O–H groups in total. The van der Waals surface area contributed by atoms with Crippen LogP contribution < -0.4 is 5.32 Å². The van der Waals surface area contributed by atoms with E-state index in [1.54, 1.807) is 6.92 Å². The van der Waals surface area contributed by atoms with Crippen molar-refractivity contribution in [2.24, 2.45) is 13.0 Å². The Morgan fingerprint density at radius 3 is 2.77 bits per heavy atom. The third-order valence-corrected chi connectivity index (χ3v) is 8.36. The molecule has 0 saturated heterocycles. The van der Waals surface area contributed by atoms with Gasteiger partial charge in [-0.1, -0.05) is 31.5 Å². The predicted molar refractivity (Wildman–Crippen MR) is 123 cm³/mol. The topological polar surface area (TPSA) is 86.1 Å². The van der Waals surface area contributed by atoms with E-state index in [1.807, 2.05) is 11.6 Å². The summed E-state index contributed by atoms with van der Waals surface area (Å²) in [6.07, 6.45) is 7.66. The number of amides is 1. The maximum atomic E-state index is 12.7. The van der Waals surface area contributed by atoms with Gasteiger partial charge in [0.1, 0.15) is 10.8 Å². The van der Waals surface area contributed by atoms with E-state index in [0.29, 0.717) is 29.0 Å². The van der Waals surface area contributed by atoms with Gasteiger partial charge < -0.3 is 14.6 Å². The molecule has 0 aromatic carbocycles. The quantitative estimate of drug-likeness (QED) is 0.479. The number of rotatable bonds is 7. The second-order valence-corrected chi connectivity index (χ2v) is 10.5. The largest absolute Gasteiger partial charge is 0.462 e. The molecule has 1 saturated carbocycles. The first-order chi connectivity index (χ1) is 15.0. The van der Waals surface area contributed by atoms with E-state index in [0.717, 1.165) is 48.6 Å². The van der Waals surface area contributed by atoms with Crippen molar-refractivity contribution in [3.63, 3.8) is 0 Å². The van der Waals surface area contributed by atoms with Gasteiger partial charge in [-0.2, -0.15) is 0 Å². The van der Waals surface area contributed by atoms with Crippen LogP contribution in [0.15, 0.2) is 5.16 Å². The number of esters is 1. The standard InChI is InChI=1S/C22H30N4O3S2/c1-4-29-21(28)18-15-10-9-13(2)11-16(15)31-20(18)23-17(27)12-30-22-25-24-19(26(22)3)14-7-5-6-8-14/h13-14H,4-12H2,1-3H3,(H,23,27). The summed E-state index contributed by atoms with van der Waals surface area (Å²) in [5, 5.41) is 13.0. The van der Waals surface area contributed by atoms with Crippen LogP contribution in [0, 0.1) is 5.92 Å². The fraction of sp³-hybridized carbons (Fsp3) is 0.636. The number of fused-ring (bicyclic) bond motifs is 1. The Hall–Kier alpha value is -1.87. The summed E-state index contributed by atoms with van der Waals surface area (Å²) in [4.78, 5) is 26.5. The van der Waals surface area contributed by atoms with Gasteiger partial charge in [0.05, 0.1) is 17.9 Å². The first-order valence-corrected chi connectivity index (χ1v) is 12.9. The lowest BCUT2D eigenvalue weighted by Gasteiger charge is -2.18. The summed E-state index contributed by atoms with van der Waals surface area (Å²) in [6.45, 7) is 4.34. The zero-order valence-corrected chi connectivity index (χ0v) is 20.0. The highest BCUT2D eigenvalue weighted by Gasteiger charge is 2.29. The Labute approximate surface area is 191 Å². The fourth-order valence-corrected chi connectivity index (χ4v) is 6.68. The van der Waals surface area contributed by atoms with Crippen molar-refractivity contribution in [3.8, 4) is 0 Å². The normalized spacial score (nSPS) is 18.7. The molecular formula is C22H30N4O3S2. The lowest BCUT2D eigenvalue weighted by atomic mass is 9.88. The summed E-state index contributed by atoms with van der Waals surface area (Å²) in [5.74, 6) is 1.82. The molecule has 0 spiro atoms. The predicted octanol–water partition coefficient (Wildman–Crippen LogP) is 4.57. The van der Waals surface area contributed by atoms with E-state index in [9.17, 15) is 9.59 Å². The van der Waals surface area contributed by atoms with Gasteiger partial charge in [0.15, 0.2) is 5.16 Å². The number of thioether (sulfide) groups is 1. The molecule has 1 amide bonds. The summed E-state index contributed by atoms with van der Waals surface area (Å²) in [7, 11) is 1.97. The van der Waals surface area contributed by atoms with Crippen LogP contribution in [0.1, 0.15) is 78.5 Å². The van der Waals surface area contributed by atoms with Gasteiger partial charge in [0.2, 0.25) is 5.91 Å². The Morgan fingerprint density at radius 2 is 2.03 bits per heavy atom. The molecule has 2 aromatic heterocycles. The summed E-state index contributed by atoms with van der Waals surface area (Å²) in [6, 6.07) is 0. The number of nitrogens with one attached hydrogen (secondary N) is 1. The first kappa shape index (κ1) is 22.3. The van der Waals surface area contributed by atoms with E-state index < -0.39 is 0 Å². The number of hydrogen-bond donors (Lipinski definition) is 1. The highest BCUT2D eigenvalue weighted by atomic mass is 32.2. The SMILES string of the molecule is CCOC(=O)c1c(NC(=O)CSc2nnc(C3CCCC3)n2C)sc2c1CCC(C)C2. The highest BCUT2D eigenvalue weighted by Crippen LogP contribution is 2.40. The molecule has 1 unspecified atom stereocenters. The van der Waals surface area contributed by atoms with E-state index >= 15 is 0 Å². The summed E-state index contributed by atoms with van der Waals surface area (Å²) >= 11 is 2.90. The molecule has 4 rings (SSSR count). The number of aromatic nitrogens is 3. The van der Waals surface area contributed by atoms with Gasteiger partial charge in [0, 0.05) is 17.8 Å². The maximum Gasteiger partial charge on any atom is 0.341 e. The Morgan fingerprint density at radius 1 is 1.26 bits per heavy atom. The Kier molecular flexibility index (Phi) is 7.01. The molecule has 7 nitrogen and oxygen atoms in total. The van der Waals surface area contributed by atoms with Crippen molar-refractivity contribution < 1.29 is 14.3 Å². The minimum atomic E-state index is -0.341. The van der Waals surface area contributed by atoms with E-state index in [1.165, 1.54) is 40.8 Å². The minimum Gasteiger partial charge on any atom is -0.462 e. The van der Waals surface area contributed by atoms with Gasteiger partial charge >= 0.3 is 5.97 Å². The van der Waals surface area contributed by atoms with Crippen molar-refractivity contribution in [3.05, 3.63) is 21.8 Å². The van der Waals surface area contributed by atoms with Gasteiger partial charge in [-0.15, -0.1) is 21.5 Å². The number of carbonyl (C=O) groups is 2. The summed E-state index contributed by atoms with van der Waals surface area (Å²) in [5.41, 5.74) is 1.60. The molecule has 1 atom stereocenters. The highest BCUT2D eigenvalue weighted by molar-refractivity contribution is 7.99. The molecular weight excluding hydrogens is 432 g/mol. The molecule has 0 radical (unpaired) electrons. The smallest absolute Gasteiger partial charge is 0.341 e. The van der Waals surface area contributed by atoms with Crippen LogP contribution in [0.5, 0.6) is 0 Å². The molecule has 0 aliphatic heterocycles. The number of carbonyl (C=O) groups excluding carboxylic acids is 2. The molecule has 9 heteroatoms. The van der Waals surface area contributed by atoms with E-state index in [-0.39, 0.29) is 17.6 Å². The molecule has 1 fully saturated rings. The number of nitrogens with zero attached hydrogens (tertiary/aromatic N) is 3. The summed E-state index contributed by atoms with van der Waals surface area (Å²) < 4.78 is 7.30. The monoisotopic (exact) mass is 462 g/mol. The maximum absolute atomic E-state index is 12.7. The van der Waals surface area contributed by atoms with Crippen molar-refractivity contribution in [1.29, 1.82) is 0 Å². The molecule has 2 aromatic rings. The van der Waals surface area contributed by atoms with Crippen molar-refractivity contribution >= 4 is 40.0 Å². The van der Waals surface area contributed by atoms with Gasteiger partial charge in [-0.25, -0.2) is 4.79 Å². The van der Waals surface area contributed by atoms with Crippen LogP contribution in [-0.2, 0) is 29.4 Å². The molecule has 31 heavy (non-hydrogen) atoms. The second-order valence-electron chi connectivity index (χ2n) is 8.49. The van der Waals surface area contributed by atoms with Crippen LogP contribution >= 0.6 is 23.1 Å². The molecule has 0 bridgehead atoms. The number of hydrogen-bond acceptors (Lipinski definition) is 7. The third kappa shape index (κ3) is 4.82. The minimum absolute atomic E-state index is 0.146. The van der Waals surface area contributed by atoms with Crippen LogP contribution in [0.2, 0.25) is 0 Å². The van der Waals surface area contributed by atoms with Gasteiger partial charge in [0.25, 0.3) is 0 Å². The van der Waals surface area contributed by atoms with Gasteiger partial charge in [-0.05, 0) is 50.5 Å². The number of thiophene rings is 1. The van der Waals surface area contributed by atoms with E-state index in [2.05, 4.69) is 22.4 Å².